The van der Waals surface area contributed by atoms with Gasteiger partial charge in [-0.25, -0.2) is 9.37 Å². The number of likely N-dealkylation sites (tertiary alicyclic amines) is 1. The summed E-state index contributed by atoms with van der Waals surface area (Å²) in [5.41, 5.74) is 1.33. The summed E-state index contributed by atoms with van der Waals surface area (Å²) in [6, 6.07) is 9.32. The summed E-state index contributed by atoms with van der Waals surface area (Å²) in [5, 5.41) is 2.86. The number of carbonyl (C=O) groups excluding carboxylic acids is 2. The third kappa shape index (κ3) is 6.25. The van der Waals surface area contributed by atoms with Gasteiger partial charge in [0.1, 0.15) is 12.4 Å². The maximum Gasteiger partial charge on any atom is 0.229 e. The number of hydrogen-bond acceptors (Lipinski definition) is 5. The van der Waals surface area contributed by atoms with E-state index in [4.69, 9.17) is 9.47 Å². The number of anilines is 1. The zero-order chi connectivity index (χ0) is 21.3. The number of amides is 2. The molecule has 1 aliphatic rings. The van der Waals surface area contributed by atoms with Gasteiger partial charge in [0, 0.05) is 26.3 Å². The Hall–Kier alpha value is -3.00. The molecular formula is C22H26FN3O4. The maximum absolute atomic E-state index is 13.0. The van der Waals surface area contributed by atoms with Gasteiger partial charge >= 0.3 is 0 Å². The summed E-state index contributed by atoms with van der Waals surface area (Å²) in [6.07, 6.45) is 3.22. The molecule has 7 nitrogen and oxygen atoms in total. The van der Waals surface area contributed by atoms with E-state index in [1.807, 2.05) is 0 Å². The van der Waals surface area contributed by atoms with E-state index < -0.39 is 0 Å². The first-order chi connectivity index (χ1) is 14.5. The zero-order valence-electron chi connectivity index (χ0n) is 17.0. The van der Waals surface area contributed by atoms with E-state index in [-0.39, 0.29) is 30.0 Å². The Labute approximate surface area is 175 Å². The van der Waals surface area contributed by atoms with Crippen molar-refractivity contribution in [1.29, 1.82) is 0 Å². The molecule has 1 atom stereocenters. The minimum atomic E-state index is -0.329. The van der Waals surface area contributed by atoms with Gasteiger partial charge < -0.3 is 19.7 Å². The van der Waals surface area contributed by atoms with E-state index >= 15 is 0 Å². The van der Waals surface area contributed by atoms with Gasteiger partial charge in [-0.05, 0) is 36.6 Å². The number of benzene rings is 1. The lowest BCUT2D eigenvalue weighted by Gasteiger charge is -2.32. The van der Waals surface area contributed by atoms with Crippen LogP contribution in [0.5, 0.6) is 5.88 Å². The van der Waals surface area contributed by atoms with Crippen molar-refractivity contribution >= 4 is 17.5 Å². The van der Waals surface area contributed by atoms with E-state index in [1.165, 1.54) is 12.1 Å². The van der Waals surface area contributed by atoms with Gasteiger partial charge in [0.2, 0.25) is 17.7 Å². The normalized spacial score (nSPS) is 16.2. The number of aromatic nitrogens is 1. The fourth-order valence-corrected chi connectivity index (χ4v) is 3.32. The van der Waals surface area contributed by atoms with Crippen molar-refractivity contribution in [2.45, 2.75) is 19.3 Å². The molecule has 1 fully saturated rings. The molecule has 160 valence electrons. The molecule has 30 heavy (non-hydrogen) atoms. The highest BCUT2D eigenvalue weighted by atomic mass is 19.1. The summed E-state index contributed by atoms with van der Waals surface area (Å²) in [6.45, 7) is 1.87. The number of carbonyl (C=O) groups is 2. The van der Waals surface area contributed by atoms with Crippen molar-refractivity contribution in [3.05, 3.63) is 54.0 Å². The van der Waals surface area contributed by atoms with Crippen LogP contribution in [-0.2, 0) is 20.7 Å². The van der Waals surface area contributed by atoms with Gasteiger partial charge in [-0.1, -0.05) is 12.1 Å². The monoisotopic (exact) mass is 415 g/mol. The molecule has 1 N–H and O–H groups in total. The van der Waals surface area contributed by atoms with Crippen molar-refractivity contribution in [1.82, 2.24) is 9.88 Å². The second-order valence-electron chi connectivity index (χ2n) is 7.20. The van der Waals surface area contributed by atoms with Crippen LogP contribution < -0.4 is 10.1 Å². The van der Waals surface area contributed by atoms with Crippen LogP contribution in [0.15, 0.2) is 42.6 Å². The lowest BCUT2D eigenvalue weighted by Crippen LogP contribution is -2.44. The van der Waals surface area contributed by atoms with Crippen molar-refractivity contribution < 1.29 is 23.5 Å². The number of pyridine rings is 1. The van der Waals surface area contributed by atoms with Gasteiger partial charge in [0.15, 0.2) is 0 Å². The second kappa shape index (κ2) is 10.7. The molecule has 1 aromatic carbocycles. The van der Waals surface area contributed by atoms with Gasteiger partial charge in [0.05, 0.1) is 30.8 Å². The Morgan fingerprint density at radius 2 is 2.00 bits per heavy atom. The predicted molar refractivity (Wildman–Crippen MR) is 110 cm³/mol. The largest absolute Gasteiger partial charge is 0.475 e. The topological polar surface area (TPSA) is 80.8 Å². The van der Waals surface area contributed by atoms with Crippen molar-refractivity contribution in [2.24, 2.45) is 5.92 Å². The minimum Gasteiger partial charge on any atom is -0.475 e. The highest BCUT2D eigenvalue weighted by Crippen LogP contribution is 2.20. The highest BCUT2D eigenvalue weighted by Gasteiger charge is 2.28. The Bertz CT molecular complexity index is 842. The molecule has 1 aromatic heterocycles. The summed E-state index contributed by atoms with van der Waals surface area (Å²) in [5.74, 6) is -0.346. The first kappa shape index (κ1) is 21.7. The highest BCUT2D eigenvalue weighted by molar-refractivity contribution is 5.93. The van der Waals surface area contributed by atoms with Gasteiger partial charge in [0.25, 0.3) is 0 Å². The number of piperidine rings is 1. The van der Waals surface area contributed by atoms with E-state index in [0.717, 1.165) is 18.4 Å². The first-order valence-corrected chi connectivity index (χ1v) is 9.96. The van der Waals surface area contributed by atoms with Crippen molar-refractivity contribution in [2.75, 3.05) is 38.7 Å². The summed E-state index contributed by atoms with van der Waals surface area (Å²) >= 11 is 0. The molecule has 0 radical (unpaired) electrons. The number of nitrogens with zero attached hydrogens (tertiary/aromatic N) is 2. The molecule has 0 aliphatic carbocycles. The van der Waals surface area contributed by atoms with Crippen LogP contribution in [0.2, 0.25) is 0 Å². The average molecular weight is 415 g/mol. The van der Waals surface area contributed by atoms with Crippen molar-refractivity contribution in [3.63, 3.8) is 0 Å². The van der Waals surface area contributed by atoms with Crippen molar-refractivity contribution in [3.8, 4) is 5.88 Å². The van der Waals surface area contributed by atoms with Crippen LogP contribution >= 0.6 is 0 Å². The molecule has 2 aromatic rings. The SMILES string of the molecule is COCCOc1ccc(NC(=O)[C@@H]2CCCN(C(=O)Cc3ccc(F)cc3)C2)cn1. The molecule has 3 rings (SSSR count). The average Bonchev–Trinajstić information content (AvgIpc) is 2.77. The molecule has 2 amide bonds. The van der Waals surface area contributed by atoms with E-state index in [1.54, 1.807) is 42.5 Å². The van der Waals surface area contributed by atoms with Crippen LogP contribution in [0, 0.1) is 11.7 Å². The number of nitrogens with one attached hydrogen (secondary N) is 1. The van der Waals surface area contributed by atoms with Crippen LogP contribution in [0.3, 0.4) is 0 Å². The quantitative estimate of drug-likeness (QED) is 0.671. The predicted octanol–water partition coefficient (Wildman–Crippen LogP) is 2.67. The minimum absolute atomic E-state index is 0.0571. The molecule has 0 unspecified atom stereocenters. The van der Waals surface area contributed by atoms with Crippen LogP contribution in [-0.4, -0.2) is 55.1 Å². The Balaban J connectivity index is 1.51. The smallest absolute Gasteiger partial charge is 0.229 e. The zero-order valence-corrected chi connectivity index (χ0v) is 17.0. The molecule has 1 aliphatic heterocycles. The van der Waals surface area contributed by atoms with Crippen LogP contribution in [0.25, 0.3) is 0 Å². The molecular weight excluding hydrogens is 389 g/mol. The standard InChI is InChI=1S/C22H26FN3O4/c1-29-11-12-30-20-9-8-19(14-24-20)25-22(28)17-3-2-10-26(15-17)21(27)13-16-4-6-18(23)7-5-16/h4-9,14,17H,2-3,10-13,15H2,1H3,(H,25,28)/t17-/m1/s1. The fourth-order valence-electron chi connectivity index (χ4n) is 3.32. The van der Waals surface area contributed by atoms with Crippen LogP contribution in [0.4, 0.5) is 10.1 Å². The van der Waals surface area contributed by atoms with E-state index in [9.17, 15) is 14.0 Å². The van der Waals surface area contributed by atoms with Crippen LogP contribution in [0.1, 0.15) is 18.4 Å². The number of rotatable bonds is 8. The third-order valence-corrected chi connectivity index (χ3v) is 4.95. The van der Waals surface area contributed by atoms with E-state index in [2.05, 4.69) is 10.3 Å². The molecule has 8 heteroatoms. The molecule has 2 heterocycles. The number of methoxy groups -OCH3 is 1. The summed E-state index contributed by atoms with van der Waals surface area (Å²) < 4.78 is 23.4. The Morgan fingerprint density at radius 3 is 2.70 bits per heavy atom. The molecule has 0 spiro atoms. The third-order valence-electron chi connectivity index (χ3n) is 4.95. The lowest BCUT2D eigenvalue weighted by atomic mass is 9.96. The maximum atomic E-state index is 13.0. The lowest BCUT2D eigenvalue weighted by molar-refractivity contribution is -0.133. The second-order valence-corrected chi connectivity index (χ2v) is 7.20. The van der Waals surface area contributed by atoms with Gasteiger partial charge in [-0.3, -0.25) is 9.59 Å². The van der Waals surface area contributed by atoms with Gasteiger partial charge in [-0.15, -0.1) is 0 Å². The number of hydrogen-bond donors (Lipinski definition) is 1. The Morgan fingerprint density at radius 1 is 1.20 bits per heavy atom. The fraction of sp³-hybridized carbons (Fsp3) is 0.409. The summed E-state index contributed by atoms with van der Waals surface area (Å²) in [7, 11) is 1.60. The molecule has 1 saturated heterocycles. The number of halogens is 1. The summed E-state index contributed by atoms with van der Waals surface area (Å²) in [4.78, 5) is 31.1. The Kier molecular flexibility index (Phi) is 7.73. The molecule has 0 bridgehead atoms. The first-order valence-electron chi connectivity index (χ1n) is 9.96. The molecule has 0 saturated carbocycles. The van der Waals surface area contributed by atoms with Gasteiger partial charge in [-0.2, -0.15) is 0 Å². The number of ether oxygens (including phenoxy) is 2. The van der Waals surface area contributed by atoms with E-state index in [0.29, 0.717) is 37.9 Å².